The fraction of sp³-hybridized carbons (Fsp3) is 0.529. The van der Waals surface area contributed by atoms with Gasteiger partial charge in [-0.15, -0.1) is 0 Å². The molecule has 122 valence electrons. The number of halogens is 1. The second-order valence-electron chi connectivity index (χ2n) is 6.55. The molecule has 0 unspecified atom stereocenters. The summed E-state index contributed by atoms with van der Waals surface area (Å²) in [6.45, 7) is 1.58. The topological polar surface area (TPSA) is 49.9 Å². The van der Waals surface area contributed by atoms with Crippen LogP contribution >= 0.6 is 0 Å². The van der Waals surface area contributed by atoms with E-state index >= 15 is 0 Å². The van der Waals surface area contributed by atoms with Gasteiger partial charge in [-0.05, 0) is 37.1 Å². The molecular formula is C17H19FN2O3. The molecule has 4 rings (SSSR count). The average molecular weight is 318 g/mol. The van der Waals surface area contributed by atoms with Gasteiger partial charge in [-0.1, -0.05) is 0 Å². The highest BCUT2D eigenvalue weighted by atomic mass is 19.1. The van der Waals surface area contributed by atoms with E-state index in [0.29, 0.717) is 25.4 Å². The van der Waals surface area contributed by atoms with Gasteiger partial charge in [0.15, 0.2) is 0 Å². The van der Waals surface area contributed by atoms with E-state index in [2.05, 4.69) is 0 Å². The molecule has 0 saturated carbocycles. The standard InChI is InChI=1S/C17H19FN2O3/c18-12-1-3-13(4-2-12)19-8-11(7-16(19)21)17(22)20-14-5-6-15(20)10-23-9-14/h1-4,11,14-15H,5-10H2/t11-,14+,15+/m1/s1. The minimum Gasteiger partial charge on any atom is -0.377 e. The number of hydrogen-bond acceptors (Lipinski definition) is 3. The van der Waals surface area contributed by atoms with Crippen LogP contribution in [0.15, 0.2) is 24.3 Å². The molecule has 3 aliphatic heterocycles. The SMILES string of the molecule is O=C1C[C@@H](C(=O)N2[C@H]3CC[C@H]2COC3)CN1c1ccc(F)cc1. The third kappa shape index (κ3) is 2.51. The first-order valence-electron chi connectivity index (χ1n) is 8.09. The van der Waals surface area contributed by atoms with E-state index in [1.165, 1.54) is 12.1 Å². The summed E-state index contributed by atoms with van der Waals surface area (Å²) in [5, 5.41) is 0. The van der Waals surface area contributed by atoms with E-state index in [0.717, 1.165) is 12.8 Å². The predicted octanol–water partition coefficient (Wildman–Crippen LogP) is 1.57. The number of ether oxygens (including phenoxy) is 1. The summed E-state index contributed by atoms with van der Waals surface area (Å²) < 4.78 is 18.6. The van der Waals surface area contributed by atoms with Crippen molar-refractivity contribution in [1.29, 1.82) is 0 Å². The van der Waals surface area contributed by atoms with E-state index in [-0.39, 0.29) is 42.1 Å². The van der Waals surface area contributed by atoms with E-state index in [1.807, 2.05) is 4.90 Å². The molecule has 0 spiro atoms. The van der Waals surface area contributed by atoms with E-state index in [1.54, 1.807) is 17.0 Å². The summed E-state index contributed by atoms with van der Waals surface area (Å²) in [5.74, 6) is -0.652. The lowest BCUT2D eigenvalue weighted by Crippen LogP contribution is -2.51. The second kappa shape index (κ2) is 5.60. The third-order valence-electron chi connectivity index (χ3n) is 5.11. The maximum atomic E-state index is 13.0. The molecule has 0 aliphatic carbocycles. The molecule has 3 fully saturated rings. The Morgan fingerprint density at radius 2 is 1.78 bits per heavy atom. The number of hydrogen-bond donors (Lipinski definition) is 0. The molecule has 2 bridgehead atoms. The van der Waals surface area contributed by atoms with Crippen molar-refractivity contribution in [3.63, 3.8) is 0 Å². The maximum Gasteiger partial charge on any atom is 0.228 e. The van der Waals surface area contributed by atoms with Gasteiger partial charge in [0.1, 0.15) is 5.82 Å². The maximum absolute atomic E-state index is 13.0. The molecule has 5 nitrogen and oxygen atoms in total. The molecule has 0 N–H and O–H groups in total. The zero-order valence-electron chi connectivity index (χ0n) is 12.8. The number of carbonyl (C=O) groups excluding carboxylic acids is 2. The lowest BCUT2D eigenvalue weighted by atomic mass is 10.1. The fourth-order valence-corrected chi connectivity index (χ4v) is 3.94. The Kier molecular flexibility index (Phi) is 3.56. The van der Waals surface area contributed by atoms with E-state index < -0.39 is 0 Å². The summed E-state index contributed by atoms with van der Waals surface area (Å²) >= 11 is 0. The van der Waals surface area contributed by atoms with Gasteiger partial charge in [0, 0.05) is 18.7 Å². The predicted molar refractivity (Wildman–Crippen MR) is 81.3 cm³/mol. The molecule has 3 atom stereocenters. The van der Waals surface area contributed by atoms with E-state index in [9.17, 15) is 14.0 Å². The normalized spacial score (nSPS) is 30.1. The molecule has 1 aromatic carbocycles. The number of benzene rings is 1. The van der Waals surface area contributed by atoms with Gasteiger partial charge in [0.05, 0.1) is 31.2 Å². The van der Waals surface area contributed by atoms with Gasteiger partial charge in [-0.2, -0.15) is 0 Å². The first-order valence-corrected chi connectivity index (χ1v) is 8.09. The van der Waals surface area contributed by atoms with Gasteiger partial charge >= 0.3 is 0 Å². The van der Waals surface area contributed by atoms with Crippen LogP contribution < -0.4 is 4.90 Å². The van der Waals surface area contributed by atoms with E-state index in [4.69, 9.17) is 4.74 Å². The Balaban J connectivity index is 1.50. The van der Waals surface area contributed by atoms with Crippen LogP contribution in [-0.4, -0.2) is 48.6 Å². The first-order chi connectivity index (χ1) is 11.1. The van der Waals surface area contributed by atoms with Gasteiger partial charge in [-0.3, -0.25) is 9.59 Å². The lowest BCUT2D eigenvalue weighted by molar-refractivity contribution is -0.145. The summed E-state index contributed by atoms with van der Waals surface area (Å²) in [6.07, 6.45) is 2.20. The zero-order chi connectivity index (χ0) is 16.0. The molecule has 3 aliphatic rings. The smallest absolute Gasteiger partial charge is 0.228 e. The average Bonchev–Trinajstić information content (AvgIpc) is 3.05. The summed E-state index contributed by atoms with van der Waals surface area (Å²) in [7, 11) is 0. The van der Waals surface area contributed by atoms with Crippen LogP contribution in [0.1, 0.15) is 19.3 Å². The van der Waals surface area contributed by atoms with Crippen LogP contribution in [0.5, 0.6) is 0 Å². The molecule has 3 heterocycles. The number of nitrogens with zero attached hydrogens (tertiary/aromatic N) is 2. The van der Waals surface area contributed by atoms with Gasteiger partial charge in [0.2, 0.25) is 11.8 Å². The minimum absolute atomic E-state index is 0.0683. The number of amides is 2. The van der Waals surface area contributed by atoms with Crippen LogP contribution in [-0.2, 0) is 14.3 Å². The number of morpholine rings is 1. The summed E-state index contributed by atoms with van der Waals surface area (Å²) in [6, 6.07) is 6.16. The molecule has 6 heteroatoms. The number of rotatable bonds is 2. The zero-order valence-corrected chi connectivity index (χ0v) is 12.8. The van der Waals surface area contributed by atoms with Crippen LogP contribution in [0, 0.1) is 11.7 Å². The van der Waals surface area contributed by atoms with Crippen molar-refractivity contribution in [1.82, 2.24) is 4.90 Å². The van der Waals surface area contributed by atoms with Crippen molar-refractivity contribution in [2.24, 2.45) is 5.92 Å². The first kappa shape index (κ1) is 14.6. The summed E-state index contributed by atoms with van der Waals surface area (Å²) in [5.41, 5.74) is 0.650. The number of fused-ring (bicyclic) bond motifs is 2. The highest BCUT2D eigenvalue weighted by Crippen LogP contribution is 2.33. The van der Waals surface area contributed by atoms with Crippen LogP contribution in [0.2, 0.25) is 0 Å². The highest BCUT2D eigenvalue weighted by Gasteiger charge is 2.45. The quantitative estimate of drug-likeness (QED) is 0.832. The third-order valence-corrected chi connectivity index (χ3v) is 5.11. The lowest BCUT2D eigenvalue weighted by Gasteiger charge is -2.36. The fourth-order valence-electron chi connectivity index (χ4n) is 3.94. The molecule has 1 aromatic rings. The van der Waals surface area contributed by atoms with Crippen molar-refractivity contribution in [3.05, 3.63) is 30.1 Å². The second-order valence-corrected chi connectivity index (χ2v) is 6.55. The Morgan fingerprint density at radius 1 is 1.13 bits per heavy atom. The van der Waals surface area contributed by atoms with Gasteiger partial charge in [0.25, 0.3) is 0 Å². The molecule has 23 heavy (non-hydrogen) atoms. The number of anilines is 1. The summed E-state index contributed by atoms with van der Waals surface area (Å²) in [4.78, 5) is 28.7. The Hall–Kier alpha value is -1.95. The van der Waals surface area contributed by atoms with Crippen LogP contribution in [0.3, 0.4) is 0 Å². The van der Waals surface area contributed by atoms with Crippen molar-refractivity contribution in [2.45, 2.75) is 31.3 Å². The van der Waals surface area contributed by atoms with Crippen molar-refractivity contribution in [3.8, 4) is 0 Å². The van der Waals surface area contributed by atoms with Crippen LogP contribution in [0.4, 0.5) is 10.1 Å². The number of carbonyl (C=O) groups is 2. The largest absolute Gasteiger partial charge is 0.377 e. The molecular weight excluding hydrogens is 299 g/mol. The molecule has 3 saturated heterocycles. The Bertz CT molecular complexity index is 617. The molecule has 0 aromatic heterocycles. The molecule has 2 amide bonds. The minimum atomic E-state index is -0.335. The monoisotopic (exact) mass is 318 g/mol. The highest BCUT2D eigenvalue weighted by molar-refractivity contribution is 6.00. The molecule has 0 radical (unpaired) electrons. The van der Waals surface area contributed by atoms with Crippen molar-refractivity contribution >= 4 is 17.5 Å². The van der Waals surface area contributed by atoms with Crippen molar-refractivity contribution < 1.29 is 18.7 Å². The van der Waals surface area contributed by atoms with Gasteiger partial charge in [-0.25, -0.2) is 4.39 Å². The van der Waals surface area contributed by atoms with Gasteiger partial charge < -0.3 is 14.5 Å². The van der Waals surface area contributed by atoms with Crippen LogP contribution in [0.25, 0.3) is 0 Å². The Morgan fingerprint density at radius 3 is 2.43 bits per heavy atom. The van der Waals surface area contributed by atoms with Crippen molar-refractivity contribution in [2.75, 3.05) is 24.7 Å². The Labute approximate surface area is 134 Å².